The van der Waals surface area contributed by atoms with Crippen LogP contribution in [0.3, 0.4) is 0 Å². The van der Waals surface area contributed by atoms with Crippen LogP contribution in [-0.2, 0) is 0 Å². The third kappa shape index (κ3) is 2.47. The maximum atomic E-state index is 9.39. The van der Waals surface area contributed by atoms with E-state index in [1.54, 1.807) is 24.3 Å². The van der Waals surface area contributed by atoms with Crippen molar-refractivity contribution in [3.8, 4) is 0 Å². The molecule has 0 fully saturated rings. The molecule has 0 unspecified atom stereocenters. The van der Waals surface area contributed by atoms with Crippen molar-refractivity contribution in [3.05, 3.63) is 46.3 Å². The van der Waals surface area contributed by atoms with Crippen molar-refractivity contribution in [1.29, 1.82) is 0 Å². The van der Waals surface area contributed by atoms with Crippen molar-refractivity contribution < 1.29 is 10.2 Å². The molecule has 1 aromatic carbocycles. The summed E-state index contributed by atoms with van der Waals surface area (Å²) in [5.74, 6) is 0. The fourth-order valence-corrected chi connectivity index (χ4v) is 1.17. The molecule has 74 valence electrons. The normalized spacial score (nSPS) is 14.1. The second kappa shape index (κ2) is 5.24. The zero-order valence-corrected chi connectivity index (χ0v) is 7.48. The average molecular weight is 193 g/mol. The Labute approximate surface area is 81.2 Å². The Kier molecular flexibility index (Phi) is 3.94. The van der Waals surface area contributed by atoms with E-state index in [1.807, 2.05) is 6.07 Å². The number of nitrogens with zero attached hydrogens (tertiary/aromatic N) is 3. The van der Waals surface area contributed by atoms with E-state index in [2.05, 4.69) is 10.0 Å². The predicted octanol–water partition coefficient (Wildman–Crippen LogP) is 1.39. The van der Waals surface area contributed by atoms with Crippen LogP contribution in [0, 0.1) is 0 Å². The van der Waals surface area contributed by atoms with Gasteiger partial charge in [-0.1, -0.05) is 35.4 Å². The molecule has 0 bridgehead atoms. The summed E-state index contributed by atoms with van der Waals surface area (Å²) in [7, 11) is 0. The van der Waals surface area contributed by atoms with Crippen LogP contribution in [0.1, 0.15) is 11.6 Å². The van der Waals surface area contributed by atoms with E-state index in [-0.39, 0.29) is 0 Å². The van der Waals surface area contributed by atoms with Crippen LogP contribution in [0.15, 0.2) is 35.4 Å². The van der Waals surface area contributed by atoms with E-state index in [4.69, 9.17) is 10.6 Å². The molecule has 5 nitrogen and oxygen atoms in total. The van der Waals surface area contributed by atoms with Gasteiger partial charge in [-0.2, -0.15) is 0 Å². The fraction of sp³-hybridized carbons (Fsp3) is 0.333. The monoisotopic (exact) mass is 193 g/mol. The third-order valence-electron chi connectivity index (χ3n) is 1.87. The van der Waals surface area contributed by atoms with Crippen LogP contribution in [0.5, 0.6) is 0 Å². The molecule has 2 N–H and O–H groups in total. The maximum absolute atomic E-state index is 9.39. The number of benzene rings is 1. The van der Waals surface area contributed by atoms with Crippen LogP contribution in [-0.4, -0.2) is 22.9 Å². The molecule has 0 spiro atoms. The molecule has 0 aromatic heterocycles. The van der Waals surface area contributed by atoms with Crippen molar-refractivity contribution >= 4 is 0 Å². The molecule has 2 atom stereocenters. The standard InChI is InChI=1S/C9H11N3O2/c10-12-11-9(8(14)6-13)7-4-2-1-3-5-7/h1-5,8-9,13-14H,6H2/t8-,9+/m0/s1. The summed E-state index contributed by atoms with van der Waals surface area (Å²) in [6, 6.07) is 8.11. The highest BCUT2D eigenvalue weighted by molar-refractivity contribution is 5.20. The Hall–Kier alpha value is -1.55. The number of azide groups is 1. The molecular formula is C9H11N3O2. The summed E-state index contributed by atoms with van der Waals surface area (Å²) < 4.78 is 0. The molecule has 0 radical (unpaired) electrons. The van der Waals surface area contributed by atoms with Crippen molar-refractivity contribution in [3.63, 3.8) is 0 Å². The largest absolute Gasteiger partial charge is 0.394 e. The minimum absolute atomic E-state index is 0.432. The van der Waals surface area contributed by atoms with Gasteiger partial charge in [0.15, 0.2) is 0 Å². The Morgan fingerprint density at radius 1 is 1.36 bits per heavy atom. The quantitative estimate of drug-likeness (QED) is 0.430. The predicted molar refractivity (Wildman–Crippen MR) is 51.4 cm³/mol. The van der Waals surface area contributed by atoms with Gasteiger partial charge in [0, 0.05) is 4.91 Å². The van der Waals surface area contributed by atoms with Crippen LogP contribution in [0.25, 0.3) is 10.4 Å². The summed E-state index contributed by atoms with van der Waals surface area (Å²) in [4.78, 5) is 2.64. The first-order chi connectivity index (χ1) is 6.79. The van der Waals surface area contributed by atoms with Gasteiger partial charge in [0.1, 0.15) is 0 Å². The minimum Gasteiger partial charge on any atom is -0.394 e. The minimum atomic E-state index is -1.06. The van der Waals surface area contributed by atoms with Gasteiger partial charge in [0.25, 0.3) is 0 Å². The van der Waals surface area contributed by atoms with Gasteiger partial charge in [-0.3, -0.25) is 0 Å². The fourth-order valence-electron chi connectivity index (χ4n) is 1.17. The van der Waals surface area contributed by atoms with E-state index in [0.29, 0.717) is 5.56 Å². The van der Waals surface area contributed by atoms with Crippen LogP contribution in [0.4, 0.5) is 0 Å². The smallest absolute Gasteiger partial charge is 0.0907 e. The highest BCUT2D eigenvalue weighted by atomic mass is 16.3. The number of hydrogen-bond acceptors (Lipinski definition) is 3. The van der Waals surface area contributed by atoms with E-state index in [0.717, 1.165) is 0 Å². The summed E-state index contributed by atoms with van der Waals surface area (Å²) >= 11 is 0. The number of aliphatic hydroxyl groups is 2. The van der Waals surface area contributed by atoms with Gasteiger partial charge >= 0.3 is 0 Å². The second-order valence-corrected chi connectivity index (χ2v) is 2.81. The molecule has 0 amide bonds. The van der Waals surface area contributed by atoms with Crippen LogP contribution in [0.2, 0.25) is 0 Å². The van der Waals surface area contributed by atoms with Gasteiger partial charge in [-0.05, 0) is 11.1 Å². The van der Waals surface area contributed by atoms with Crippen LogP contribution < -0.4 is 0 Å². The van der Waals surface area contributed by atoms with E-state index >= 15 is 0 Å². The molecule has 0 saturated heterocycles. The maximum Gasteiger partial charge on any atom is 0.0907 e. The van der Waals surface area contributed by atoms with Gasteiger partial charge in [0.2, 0.25) is 0 Å². The number of hydrogen-bond donors (Lipinski definition) is 2. The summed E-state index contributed by atoms with van der Waals surface area (Å²) in [6.45, 7) is -0.432. The lowest BCUT2D eigenvalue weighted by Crippen LogP contribution is -2.20. The third-order valence-corrected chi connectivity index (χ3v) is 1.87. The lowest BCUT2D eigenvalue weighted by Gasteiger charge is -2.15. The Bertz CT molecular complexity index is 322. The van der Waals surface area contributed by atoms with Crippen molar-refractivity contribution in [2.75, 3.05) is 6.61 Å². The lowest BCUT2D eigenvalue weighted by atomic mass is 10.0. The molecule has 1 rings (SSSR count). The number of aliphatic hydroxyl groups excluding tert-OH is 2. The summed E-state index contributed by atoms with van der Waals surface area (Å²) in [6.07, 6.45) is -1.06. The zero-order valence-electron chi connectivity index (χ0n) is 7.48. The summed E-state index contributed by atoms with van der Waals surface area (Å²) in [5.41, 5.74) is 8.99. The molecule has 0 heterocycles. The van der Waals surface area contributed by atoms with Crippen molar-refractivity contribution in [2.24, 2.45) is 5.11 Å². The highest BCUT2D eigenvalue weighted by Gasteiger charge is 2.18. The first kappa shape index (κ1) is 10.5. The zero-order chi connectivity index (χ0) is 10.4. The molecule has 1 aromatic rings. The lowest BCUT2D eigenvalue weighted by molar-refractivity contribution is 0.0742. The van der Waals surface area contributed by atoms with Gasteiger partial charge < -0.3 is 10.2 Å². The van der Waals surface area contributed by atoms with E-state index in [1.165, 1.54) is 0 Å². The average Bonchev–Trinajstić information content (AvgIpc) is 2.26. The van der Waals surface area contributed by atoms with Crippen molar-refractivity contribution in [2.45, 2.75) is 12.1 Å². The SMILES string of the molecule is [N-]=[N+]=N[C@H](c1ccccc1)[C@@H](O)CO. The Balaban J connectivity index is 2.94. The van der Waals surface area contributed by atoms with E-state index in [9.17, 15) is 5.11 Å². The van der Waals surface area contributed by atoms with E-state index < -0.39 is 18.8 Å². The topological polar surface area (TPSA) is 89.2 Å². The highest BCUT2D eigenvalue weighted by Crippen LogP contribution is 2.20. The van der Waals surface area contributed by atoms with Crippen molar-refractivity contribution in [1.82, 2.24) is 0 Å². The van der Waals surface area contributed by atoms with Gasteiger partial charge in [-0.15, -0.1) is 0 Å². The second-order valence-electron chi connectivity index (χ2n) is 2.81. The number of rotatable bonds is 4. The first-order valence-corrected chi connectivity index (χ1v) is 4.17. The molecule has 14 heavy (non-hydrogen) atoms. The molecule has 0 aliphatic carbocycles. The Morgan fingerprint density at radius 3 is 2.50 bits per heavy atom. The molecule has 0 saturated carbocycles. The first-order valence-electron chi connectivity index (χ1n) is 4.17. The van der Waals surface area contributed by atoms with Gasteiger partial charge in [0.05, 0.1) is 18.8 Å². The molecule has 0 aliphatic rings. The molecular weight excluding hydrogens is 182 g/mol. The summed E-state index contributed by atoms with van der Waals surface area (Å²) in [5, 5.41) is 21.6. The molecule has 0 aliphatic heterocycles. The van der Waals surface area contributed by atoms with Crippen LogP contribution >= 0.6 is 0 Å². The Morgan fingerprint density at radius 2 is 2.00 bits per heavy atom. The van der Waals surface area contributed by atoms with Gasteiger partial charge in [-0.25, -0.2) is 0 Å². The molecule has 5 heteroatoms.